The quantitative estimate of drug-likeness (QED) is 0.685. The summed E-state index contributed by atoms with van der Waals surface area (Å²) >= 11 is 0. The molecule has 0 saturated heterocycles. The van der Waals surface area contributed by atoms with Crippen LogP contribution < -0.4 is 0 Å². The minimum absolute atomic E-state index is 0.243. The van der Waals surface area contributed by atoms with Gasteiger partial charge >= 0.3 is 5.97 Å². The molecular formula is C24H38O3. The van der Waals surface area contributed by atoms with Gasteiger partial charge in [-0.25, -0.2) is 0 Å². The van der Waals surface area contributed by atoms with Gasteiger partial charge in [0.2, 0.25) is 0 Å². The van der Waals surface area contributed by atoms with Crippen LogP contribution in [-0.4, -0.2) is 16.9 Å². The summed E-state index contributed by atoms with van der Waals surface area (Å²) in [6.45, 7) is 7.23. The topological polar surface area (TPSA) is 54.4 Å². The van der Waals surface area contributed by atoms with Crippen molar-refractivity contribution in [1.82, 2.24) is 0 Å². The van der Waals surface area contributed by atoms with Gasteiger partial charge in [0.15, 0.2) is 0 Å². The average molecular weight is 375 g/mol. The molecule has 4 saturated carbocycles. The average Bonchev–Trinajstić information content (AvgIpc) is 2.97. The fourth-order valence-corrected chi connectivity index (χ4v) is 8.49. The molecule has 152 valence electrons. The molecule has 0 aliphatic heterocycles. The highest BCUT2D eigenvalue weighted by molar-refractivity contribution is 5.83. The van der Waals surface area contributed by atoms with E-state index in [-0.39, 0.29) is 11.8 Å². The lowest BCUT2D eigenvalue weighted by molar-refractivity contribution is -0.156. The third kappa shape index (κ3) is 2.99. The van der Waals surface area contributed by atoms with Crippen LogP contribution in [0.2, 0.25) is 0 Å². The third-order valence-electron chi connectivity index (χ3n) is 9.96. The van der Waals surface area contributed by atoms with Gasteiger partial charge in [-0.3, -0.25) is 9.59 Å². The van der Waals surface area contributed by atoms with Gasteiger partial charge in [0, 0.05) is 18.8 Å². The maximum Gasteiger partial charge on any atom is 0.303 e. The number of carbonyl (C=O) groups is 2. The molecule has 4 aliphatic rings. The lowest BCUT2D eigenvalue weighted by Gasteiger charge is -2.60. The molecule has 4 fully saturated rings. The van der Waals surface area contributed by atoms with Crippen molar-refractivity contribution >= 4 is 11.8 Å². The first-order valence-corrected chi connectivity index (χ1v) is 11.5. The number of ketones is 1. The third-order valence-corrected chi connectivity index (χ3v) is 9.96. The normalized spacial score (nSPS) is 47.7. The van der Waals surface area contributed by atoms with E-state index < -0.39 is 5.97 Å². The Morgan fingerprint density at radius 1 is 1.07 bits per heavy atom. The molecule has 0 spiro atoms. The summed E-state index contributed by atoms with van der Waals surface area (Å²) in [5, 5.41) is 9.08. The summed E-state index contributed by atoms with van der Waals surface area (Å²) in [6.07, 6.45) is 12.0. The maximum atomic E-state index is 13.3. The summed E-state index contributed by atoms with van der Waals surface area (Å²) in [7, 11) is 0. The molecule has 4 aliphatic carbocycles. The van der Waals surface area contributed by atoms with Crippen molar-refractivity contribution in [2.24, 2.45) is 46.3 Å². The van der Waals surface area contributed by atoms with Crippen LogP contribution in [-0.2, 0) is 9.59 Å². The van der Waals surface area contributed by atoms with Crippen LogP contribution in [0.4, 0.5) is 0 Å². The Hall–Kier alpha value is -0.860. The largest absolute Gasteiger partial charge is 0.481 e. The van der Waals surface area contributed by atoms with Crippen molar-refractivity contribution in [3.63, 3.8) is 0 Å². The van der Waals surface area contributed by atoms with Gasteiger partial charge in [0.25, 0.3) is 0 Å². The van der Waals surface area contributed by atoms with E-state index in [0.29, 0.717) is 46.7 Å². The van der Waals surface area contributed by atoms with E-state index in [1.165, 1.54) is 51.4 Å². The summed E-state index contributed by atoms with van der Waals surface area (Å²) in [4.78, 5) is 24.4. The molecule has 0 unspecified atom stereocenters. The number of Topliss-reactive ketones (excluding diaryl/α,β-unsaturated/α-hetero) is 1. The lowest BCUT2D eigenvalue weighted by atomic mass is 9.44. The zero-order valence-corrected chi connectivity index (χ0v) is 17.5. The fraction of sp³-hybridized carbons (Fsp3) is 0.917. The number of carboxylic acid groups (broad SMARTS) is 1. The number of fused-ring (bicyclic) bond motifs is 5. The zero-order valence-electron chi connectivity index (χ0n) is 17.5. The molecule has 4 rings (SSSR count). The van der Waals surface area contributed by atoms with Gasteiger partial charge < -0.3 is 5.11 Å². The van der Waals surface area contributed by atoms with Crippen LogP contribution in [0.1, 0.15) is 91.4 Å². The van der Waals surface area contributed by atoms with Crippen LogP contribution in [0, 0.1) is 46.3 Å². The zero-order chi connectivity index (χ0) is 19.4. The van der Waals surface area contributed by atoms with Gasteiger partial charge in [0.05, 0.1) is 0 Å². The number of hydrogen-bond donors (Lipinski definition) is 1. The van der Waals surface area contributed by atoms with Gasteiger partial charge in [-0.1, -0.05) is 33.6 Å². The molecule has 1 N–H and O–H groups in total. The van der Waals surface area contributed by atoms with Crippen LogP contribution in [0.15, 0.2) is 0 Å². The number of carboxylic acids is 1. The van der Waals surface area contributed by atoms with E-state index in [1.54, 1.807) is 0 Å². The Morgan fingerprint density at radius 3 is 2.56 bits per heavy atom. The standard InChI is InChI=1S/C24H38O3/c1-15(7-10-21(26)27)17-8-9-18-22-19(11-13-24(17,18)3)23(2)12-5-4-6-16(23)14-20(22)25/h15-19,22H,4-14H2,1-3H3,(H,26,27)/t15-,16-,17-,18+,19+,22+,23+,24-/m1/s1. The van der Waals surface area contributed by atoms with Crippen molar-refractivity contribution in [3.05, 3.63) is 0 Å². The molecule has 0 aromatic rings. The maximum absolute atomic E-state index is 13.3. The highest BCUT2D eigenvalue weighted by Gasteiger charge is 2.62. The first-order chi connectivity index (χ1) is 12.8. The van der Waals surface area contributed by atoms with Crippen LogP contribution in [0.3, 0.4) is 0 Å². The monoisotopic (exact) mass is 374 g/mol. The number of hydrogen-bond acceptors (Lipinski definition) is 2. The second-order valence-corrected chi connectivity index (χ2v) is 11.0. The first kappa shape index (κ1) is 19.5. The summed E-state index contributed by atoms with van der Waals surface area (Å²) in [5.41, 5.74) is 0.637. The lowest BCUT2D eigenvalue weighted by Crippen LogP contribution is -2.56. The minimum atomic E-state index is -0.677. The van der Waals surface area contributed by atoms with Crippen molar-refractivity contribution in [2.45, 2.75) is 91.4 Å². The van der Waals surface area contributed by atoms with E-state index >= 15 is 0 Å². The molecule has 0 bridgehead atoms. The smallest absolute Gasteiger partial charge is 0.303 e. The summed E-state index contributed by atoms with van der Waals surface area (Å²) in [6, 6.07) is 0. The van der Waals surface area contributed by atoms with E-state index in [4.69, 9.17) is 5.11 Å². The molecule has 3 heteroatoms. The Balaban J connectivity index is 1.57. The van der Waals surface area contributed by atoms with Crippen LogP contribution in [0.5, 0.6) is 0 Å². The van der Waals surface area contributed by atoms with Gasteiger partial charge in [0.1, 0.15) is 5.78 Å². The molecule has 8 atom stereocenters. The highest BCUT2D eigenvalue weighted by Crippen LogP contribution is 2.67. The molecule has 0 aromatic heterocycles. The van der Waals surface area contributed by atoms with Gasteiger partial charge in [-0.05, 0) is 85.4 Å². The second-order valence-electron chi connectivity index (χ2n) is 11.0. The van der Waals surface area contributed by atoms with Crippen molar-refractivity contribution in [2.75, 3.05) is 0 Å². The van der Waals surface area contributed by atoms with E-state index in [1.807, 2.05) is 0 Å². The van der Waals surface area contributed by atoms with Gasteiger partial charge in [-0.15, -0.1) is 0 Å². The Bertz CT molecular complexity index is 613. The van der Waals surface area contributed by atoms with Crippen molar-refractivity contribution in [1.29, 1.82) is 0 Å². The molecule has 0 aromatic carbocycles. The predicted molar refractivity (Wildman–Crippen MR) is 106 cm³/mol. The predicted octanol–water partition coefficient (Wildman–Crippen LogP) is 5.72. The number of rotatable bonds is 4. The molecule has 0 radical (unpaired) electrons. The van der Waals surface area contributed by atoms with Gasteiger partial charge in [-0.2, -0.15) is 0 Å². The fourth-order valence-electron chi connectivity index (χ4n) is 8.49. The first-order valence-electron chi connectivity index (χ1n) is 11.5. The molecular weight excluding hydrogens is 336 g/mol. The Labute approximate surface area is 164 Å². The van der Waals surface area contributed by atoms with E-state index in [0.717, 1.165) is 12.8 Å². The van der Waals surface area contributed by atoms with Crippen LogP contribution >= 0.6 is 0 Å². The summed E-state index contributed by atoms with van der Waals surface area (Å²) in [5.74, 6) is 3.02. The number of carbonyl (C=O) groups excluding carboxylic acids is 1. The second kappa shape index (κ2) is 6.88. The van der Waals surface area contributed by atoms with E-state index in [2.05, 4.69) is 20.8 Å². The number of aliphatic carboxylic acids is 1. The molecule has 3 nitrogen and oxygen atoms in total. The van der Waals surface area contributed by atoms with E-state index in [9.17, 15) is 9.59 Å². The molecule has 0 amide bonds. The minimum Gasteiger partial charge on any atom is -0.481 e. The Morgan fingerprint density at radius 2 is 1.81 bits per heavy atom. The molecule has 0 heterocycles. The molecule has 27 heavy (non-hydrogen) atoms. The Kier molecular flexibility index (Phi) is 4.96. The highest BCUT2D eigenvalue weighted by atomic mass is 16.4. The SMILES string of the molecule is C[C@H](CCC(=O)O)[C@H]1CC[C@H]2[C@@H]3C(=O)C[C@H]4CCCC[C@]4(C)[C@H]3CC[C@]12C. The summed E-state index contributed by atoms with van der Waals surface area (Å²) < 4.78 is 0. The van der Waals surface area contributed by atoms with Crippen molar-refractivity contribution < 1.29 is 14.7 Å². The van der Waals surface area contributed by atoms with Crippen LogP contribution in [0.25, 0.3) is 0 Å². The van der Waals surface area contributed by atoms with Crippen molar-refractivity contribution in [3.8, 4) is 0 Å².